The van der Waals surface area contributed by atoms with Crippen LogP contribution in [0.3, 0.4) is 0 Å². The maximum Gasteiger partial charge on any atom is 0.264 e. The molecule has 1 N–H and O–H groups in total. The molecule has 2 atom stereocenters. The molecular formula is C31H38ClN3O4S. The largest absolute Gasteiger partial charge is 0.352 e. The summed E-state index contributed by atoms with van der Waals surface area (Å²) in [7, 11) is -4.13. The fourth-order valence-electron chi connectivity index (χ4n) is 4.50. The van der Waals surface area contributed by atoms with E-state index in [0.29, 0.717) is 22.7 Å². The number of nitrogens with zero attached hydrogens (tertiary/aromatic N) is 2. The lowest BCUT2D eigenvalue weighted by Gasteiger charge is -2.34. The number of amides is 2. The van der Waals surface area contributed by atoms with E-state index < -0.39 is 28.5 Å². The van der Waals surface area contributed by atoms with Crippen molar-refractivity contribution < 1.29 is 18.0 Å². The zero-order valence-corrected chi connectivity index (χ0v) is 25.3. The molecule has 0 spiro atoms. The first-order valence-electron chi connectivity index (χ1n) is 13.5. The van der Waals surface area contributed by atoms with Crippen LogP contribution in [0.5, 0.6) is 0 Å². The first-order valence-corrected chi connectivity index (χ1v) is 15.3. The third-order valence-electron chi connectivity index (χ3n) is 6.86. The highest BCUT2D eigenvalue weighted by Gasteiger charge is 2.34. The topological polar surface area (TPSA) is 86.8 Å². The zero-order chi connectivity index (χ0) is 29.4. The zero-order valence-electron chi connectivity index (χ0n) is 23.7. The van der Waals surface area contributed by atoms with Gasteiger partial charge in [-0.1, -0.05) is 73.5 Å². The van der Waals surface area contributed by atoms with Crippen LogP contribution in [0.25, 0.3) is 0 Å². The molecule has 0 aliphatic heterocycles. The second kappa shape index (κ2) is 13.8. The minimum absolute atomic E-state index is 0.0592. The summed E-state index contributed by atoms with van der Waals surface area (Å²) < 4.78 is 29.0. The van der Waals surface area contributed by atoms with Crippen LogP contribution in [0.2, 0.25) is 5.02 Å². The molecule has 0 radical (unpaired) electrons. The number of aryl methyl sites for hydroxylation is 2. The second-order valence-corrected chi connectivity index (χ2v) is 12.3. The fraction of sp³-hybridized carbons (Fsp3) is 0.355. The van der Waals surface area contributed by atoms with Crippen molar-refractivity contribution in [2.75, 3.05) is 10.8 Å². The quantitative estimate of drug-likeness (QED) is 0.289. The summed E-state index contributed by atoms with van der Waals surface area (Å²) >= 11 is 6.17. The highest BCUT2D eigenvalue weighted by atomic mass is 35.5. The maximum absolute atomic E-state index is 14.1. The van der Waals surface area contributed by atoms with Gasteiger partial charge in [-0.2, -0.15) is 0 Å². The number of halogens is 1. The number of rotatable bonds is 12. The first kappa shape index (κ1) is 31.2. The van der Waals surface area contributed by atoms with E-state index in [1.54, 1.807) is 43.3 Å². The Labute approximate surface area is 243 Å². The van der Waals surface area contributed by atoms with Crippen molar-refractivity contribution in [2.45, 2.75) is 71.0 Å². The Morgan fingerprint density at radius 2 is 1.62 bits per heavy atom. The predicted molar refractivity (Wildman–Crippen MR) is 161 cm³/mol. The number of nitrogens with one attached hydrogen (secondary N) is 1. The van der Waals surface area contributed by atoms with Crippen LogP contribution in [0.1, 0.15) is 50.3 Å². The van der Waals surface area contributed by atoms with Crippen molar-refractivity contribution in [1.82, 2.24) is 10.2 Å². The van der Waals surface area contributed by atoms with Gasteiger partial charge in [-0.05, 0) is 75.1 Å². The molecule has 0 saturated carbocycles. The Hall–Kier alpha value is -3.36. The molecule has 0 aromatic heterocycles. The fourth-order valence-corrected chi connectivity index (χ4v) is 6.23. The molecule has 0 bridgehead atoms. The molecule has 214 valence electrons. The summed E-state index contributed by atoms with van der Waals surface area (Å²) in [5.41, 5.74) is 2.82. The smallest absolute Gasteiger partial charge is 0.264 e. The summed E-state index contributed by atoms with van der Waals surface area (Å²) in [6.45, 7) is 9.11. The van der Waals surface area contributed by atoms with Gasteiger partial charge in [0.1, 0.15) is 12.6 Å². The van der Waals surface area contributed by atoms with E-state index in [4.69, 9.17) is 11.6 Å². The third kappa shape index (κ3) is 7.64. The number of benzene rings is 3. The molecule has 9 heteroatoms. The van der Waals surface area contributed by atoms with Gasteiger partial charge in [-0.3, -0.25) is 13.9 Å². The molecule has 2 amide bonds. The third-order valence-corrected chi connectivity index (χ3v) is 8.87. The second-order valence-electron chi connectivity index (χ2n) is 10.0. The van der Waals surface area contributed by atoms with Gasteiger partial charge in [0.15, 0.2) is 0 Å². The van der Waals surface area contributed by atoms with Crippen molar-refractivity contribution in [2.24, 2.45) is 0 Å². The number of hydrogen-bond acceptors (Lipinski definition) is 4. The van der Waals surface area contributed by atoms with E-state index in [1.807, 2.05) is 52.0 Å². The number of sulfonamides is 1. The minimum Gasteiger partial charge on any atom is -0.352 e. The molecule has 0 unspecified atom stereocenters. The molecule has 0 heterocycles. The maximum atomic E-state index is 14.1. The average Bonchev–Trinajstić information content (AvgIpc) is 2.92. The van der Waals surface area contributed by atoms with Crippen molar-refractivity contribution in [1.29, 1.82) is 0 Å². The predicted octanol–water partition coefficient (Wildman–Crippen LogP) is 5.87. The molecule has 7 nitrogen and oxygen atoms in total. The Morgan fingerprint density at radius 1 is 0.925 bits per heavy atom. The van der Waals surface area contributed by atoms with Gasteiger partial charge >= 0.3 is 0 Å². The molecule has 0 aliphatic carbocycles. The van der Waals surface area contributed by atoms with Crippen LogP contribution in [0.15, 0.2) is 77.7 Å². The van der Waals surface area contributed by atoms with E-state index in [9.17, 15) is 18.0 Å². The normalized spacial score (nSPS) is 12.8. The van der Waals surface area contributed by atoms with Crippen molar-refractivity contribution in [3.63, 3.8) is 0 Å². The number of anilines is 1. The lowest BCUT2D eigenvalue weighted by Crippen LogP contribution is -2.53. The Morgan fingerprint density at radius 3 is 2.23 bits per heavy atom. The highest BCUT2D eigenvalue weighted by Crippen LogP contribution is 2.29. The van der Waals surface area contributed by atoms with E-state index >= 15 is 0 Å². The van der Waals surface area contributed by atoms with Gasteiger partial charge in [0.2, 0.25) is 11.8 Å². The van der Waals surface area contributed by atoms with Gasteiger partial charge < -0.3 is 10.2 Å². The van der Waals surface area contributed by atoms with Crippen LogP contribution in [0, 0.1) is 13.8 Å². The minimum atomic E-state index is -4.13. The van der Waals surface area contributed by atoms with Crippen LogP contribution < -0.4 is 9.62 Å². The summed E-state index contributed by atoms with van der Waals surface area (Å²) in [5.74, 6) is -0.750. The SMILES string of the molecule is CC[C@@H](C)NC(=O)[C@H](CC)N(Cc1cccc(C)c1)C(=O)CN(c1ccc(Cl)cc1C)S(=O)(=O)c1ccccc1. The Bertz CT molecular complexity index is 1430. The standard InChI is InChI=1S/C31H38ClN3O4S/c1-6-24(5)33-31(37)28(7-2)34(20-25-13-11-12-22(3)18-25)30(36)21-35(29-17-16-26(32)19-23(29)4)40(38,39)27-14-9-8-10-15-27/h8-19,24,28H,6-7,20-21H2,1-5H3,(H,33,37)/t24-,28+/m1/s1. The lowest BCUT2D eigenvalue weighted by atomic mass is 10.1. The van der Waals surface area contributed by atoms with Crippen LogP contribution in [-0.2, 0) is 26.2 Å². The molecule has 0 fully saturated rings. The number of carbonyl (C=O) groups is 2. The monoisotopic (exact) mass is 583 g/mol. The van der Waals surface area contributed by atoms with Gasteiger partial charge in [-0.25, -0.2) is 8.42 Å². The van der Waals surface area contributed by atoms with Crippen molar-refractivity contribution in [3.8, 4) is 0 Å². The summed E-state index contributed by atoms with van der Waals surface area (Å²) in [6, 6.07) is 19.7. The summed E-state index contributed by atoms with van der Waals surface area (Å²) in [4.78, 5) is 29.1. The molecule has 0 aliphatic rings. The molecular weight excluding hydrogens is 546 g/mol. The molecule has 3 aromatic carbocycles. The first-order chi connectivity index (χ1) is 19.0. The van der Waals surface area contributed by atoms with E-state index in [2.05, 4.69) is 5.32 Å². The Balaban J connectivity index is 2.08. The van der Waals surface area contributed by atoms with Crippen molar-refractivity contribution in [3.05, 3.63) is 94.5 Å². The van der Waals surface area contributed by atoms with Crippen molar-refractivity contribution >= 4 is 39.1 Å². The summed E-state index contributed by atoms with van der Waals surface area (Å²) in [5, 5.41) is 3.45. The molecule has 3 aromatic rings. The molecule has 3 rings (SSSR count). The summed E-state index contributed by atoms with van der Waals surface area (Å²) in [6.07, 6.45) is 1.11. The average molecular weight is 584 g/mol. The van der Waals surface area contributed by atoms with Crippen LogP contribution in [0.4, 0.5) is 5.69 Å². The van der Waals surface area contributed by atoms with E-state index in [-0.39, 0.29) is 23.4 Å². The number of hydrogen-bond donors (Lipinski definition) is 1. The van der Waals surface area contributed by atoms with Crippen LogP contribution >= 0.6 is 11.6 Å². The highest BCUT2D eigenvalue weighted by molar-refractivity contribution is 7.92. The van der Waals surface area contributed by atoms with Gasteiger partial charge in [-0.15, -0.1) is 0 Å². The Kier molecular flexibility index (Phi) is 10.8. The van der Waals surface area contributed by atoms with E-state index in [0.717, 1.165) is 21.9 Å². The van der Waals surface area contributed by atoms with Gasteiger partial charge in [0.25, 0.3) is 10.0 Å². The number of carbonyl (C=O) groups excluding carboxylic acids is 2. The molecule has 0 saturated heterocycles. The van der Waals surface area contributed by atoms with Gasteiger partial charge in [0.05, 0.1) is 10.6 Å². The molecule has 40 heavy (non-hydrogen) atoms. The lowest BCUT2D eigenvalue weighted by molar-refractivity contribution is -0.140. The van der Waals surface area contributed by atoms with E-state index in [1.165, 1.54) is 17.0 Å². The van der Waals surface area contributed by atoms with Gasteiger partial charge in [0, 0.05) is 17.6 Å². The van der Waals surface area contributed by atoms with Crippen LogP contribution in [-0.4, -0.2) is 43.8 Å².